The van der Waals surface area contributed by atoms with Crippen LogP contribution in [0.3, 0.4) is 0 Å². The minimum Gasteiger partial charge on any atom is -0.771 e. The summed E-state index contributed by atoms with van der Waals surface area (Å²) < 4.78 is 20.5. The van der Waals surface area contributed by atoms with Crippen LogP contribution in [0.15, 0.2) is 0 Å². The molecular weight excluding hydrogens is 162 g/mol. The molecule has 0 aliphatic carbocycles. The second kappa shape index (κ2) is 6.76. The van der Waals surface area contributed by atoms with Gasteiger partial charge in [0.15, 0.2) is 0 Å². The molecule has 2 N–H and O–H groups in total. The largest absolute Gasteiger partial charge is 0.771 e. The van der Waals surface area contributed by atoms with Crippen molar-refractivity contribution in [2.75, 3.05) is 0 Å². The second-order valence-electron chi connectivity index (χ2n) is 2.65. The molecular formula is C7H16NO2S-. The Morgan fingerprint density at radius 1 is 1.45 bits per heavy atom. The highest BCUT2D eigenvalue weighted by atomic mass is 32.2. The van der Waals surface area contributed by atoms with Gasteiger partial charge >= 0.3 is 0 Å². The average molecular weight is 178 g/mol. The SMILES string of the molecule is CCCCCCC(N)S(=O)[O-]. The number of nitrogens with two attached hydrogens (primary N) is 1. The molecule has 0 fully saturated rings. The zero-order valence-electron chi connectivity index (χ0n) is 6.91. The van der Waals surface area contributed by atoms with Crippen LogP contribution < -0.4 is 5.73 Å². The van der Waals surface area contributed by atoms with Crippen LogP contribution in [-0.4, -0.2) is 14.1 Å². The van der Waals surface area contributed by atoms with Crippen molar-refractivity contribution in [1.82, 2.24) is 0 Å². The van der Waals surface area contributed by atoms with Gasteiger partial charge in [0, 0.05) is 0 Å². The van der Waals surface area contributed by atoms with Crippen LogP contribution in [0, 0.1) is 0 Å². The molecule has 0 aromatic carbocycles. The Hall–Kier alpha value is 0.0700. The number of hydrogen-bond donors (Lipinski definition) is 1. The Balaban J connectivity index is 3.17. The van der Waals surface area contributed by atoms with Gasteiger partial charge in [-0.1, -0.05) is 32.6 Å². The maximum Gasteiger partial charge on any atom is 0.0676 e. The van der Waals surface area contributed by atoms with Gasteiger partial charge in [0.2, 0.25) is 0 Å². The van der Waals surface area contributed by atoms with E-state index in [-0.39, 0.29) is 0 Å². The van der Waals surface area contributed by atoms with E-state index in [0.29, 0.717) is 6.42 Å². The molecule has 11 heavy (non-hydrogen) atoms. The zero-order valence-corrected chi connectivity index (χ0v) is 7.73. The predicted octanol–water partition coefficient (Wildman–Crippen LogP) is 1.12. The van der Waals surface area contributed by atoms with Crippen LogP contribution in [0.5, 0.6) is 0 Å². The first-order chi connectivity index (χ1) is 5.18. The Kier molecular flexibility index (Phi) is 6.80. The van der Waals surface area contributed by atoms with Crippen molar-refractivity contribution in [2.45, 2.75) is 44.4 Å². The fourth-order valence-electron chi connectivity index (χ4n) is 0.869. The first kappa shape index (κ1) is 11.1. The number of rotatable bonds is 6. The van der Waals surface area contributed by atoms with E-state index in [9.17, 15) is 8.76 Å². The van der Waals surface area contributed by atoms with E-state index in [4.69, 9.17) is 5.73 Å². The van der Waals surface area contributed by atoms with Gasteiger partial charge in [-0.3, -0.25) is 4.21 Å². The Labute approximate surface area is 70.6 Å². The van der Waals surface area contributed by atoms with Crippen molar-refractivity contribution in [2.24, 2.45) is 5.73 Å². The Morgan fingerprint density at radius 3 is 2.55 bits per heavy atom. The lowest BCUT2D eigenvalue weighted by Gasteiger charge is -2.13. The average Bonchev–Trinajstić information content (AvgIpc) is 1.97. The zero-order chi connectivity index (χ0) is 8.69. The summed E-state index contributed by atoms with van der Waals surface area (Å²) in [6, 6.07) is 0. The summed E-state index contributed by atoms with van der Waals surface area (Å²) in [6.07, 6.45) is 4.93. The standard InChI is InChI=1S/C7H17NO2S/c1-2-3-4-5-6-7(8)11(9)10/h7H,2-6,8H2,1H3,(H,9,10)/p-1. The molecule has 0 saturated heterocycles. The van der Waals surface area contributed by atoms with Gasteiger partial charge in [-0.15, -0.1) is 0 Å². The number of hydrogen-bond acceptors (Lipinski definition) is 3. The van der Waals surface area contributed by atoms with Crippen molar-refractivity contribution in [3.63, 3.8) is 0 Å². The van der Waals surface area contributed by atoms with Gasteiger partial charge in [-0.2, -0.15) is 0 Å². The summed E-state index contributed by atoms with van der Waals surface area (Å²) in [4.78, 5) is 0. The molecule has 0 saturated carbocycles. The summed E-state index contributed by atoms with van der Waals surface area (Å²) in [6.45, 7) is 2.12. The third kappa shape index (κ3) is 6.47. The van der Waals surface area contributed by atoms with E-state index >= 15 is 0 Å². The molecule has 2 atom stereocenters. The molecule has 0 aliphatic rings. The maximum absolute atomic E-state index is 10.2. The smallest absolute Gasteiger partial charge is 0.0676 e. The van der Waals surface area contributed by atoms with E-state index in [1.807, 2.05) is 0 Å². The van der Waals surface area contributed by atoms with Gasteiger partial charge in [0.25, 0.3) is 0 Å². The topological polar surface area (TPSA) is 66.2 Å². The third-order valence-corrected chi connectivity index (χ3v) is 2.32. The first-order valence-electron chi connectivity index (χ1n) is 4.02. The van der Waals surface area contributed by atoms with Crippen molar-refractivity contribution >= 4 is 11.1 Å². The molecule has 68 valence electrons. The van der Waals surface area contributed by atoms with Crippen LogP contribution in [0.25, 0.3) is 0 Å². The van der Waals surface area contributed by atoms with Crippen LogP contribution in [-0.2, 0) is 11.1 Å². The van der Waals surface area contributed by atoms with Gasteiger partial charge in [0.1, 0.15) is 0 Å². The van der Waals surface area contributed by atoms with Gasteiger partial charge in [-0.05, 0) is 17.5 Å². The molecule has 0 radical (unpaired) electrons. The summed E-state index contributed by atoms with van der Waals surface area (Å²) in [5.74, 6) is 0. The van der Waals surface area contributed by atoms with Crippen LogP contribution in [0.2, 0.25) is 0 Å². The molecule has 0 rings (SSSR count). The van der Waals surface area contributed by atoms with E-state index < -0.39 is 16.5 Å². The monoisotopic (exact) mass is 178 g/mol. The van der Waals surface area contributed by atoms with E-state index in [0.717, 1.165) is 25.7 Å². The molecule has 2 unspecified atom stereocenters. The Morgan fingerprint density at radius 2 is 2.09 bits per heavy atom. The summed E-state index contributed by atoms with van der Waals surface area (Å²) in [5, 5.41) is -0.660. The van der Waals surface area contributed by atoms with Crippen LogP contribution in [0.4, 0.5) is 0 Å². The van der Waals surface area contributed by atoms with E-state index in [1.54, 1.807) is 0 Å². The second-order valence-corrected chi connectivity index (χ2v) is 3.77. The van der Waals surface area contributed by atoms with Crippen molar-refractivity contribution in [3.8, 4) is 0 Å². The fraction of sp³-hybridized carbons (Fsp3) is 1.00. The highest BCUT2D eigenvalue weighted by molar-refractivity contribution is 7.79. The van der Waals surface area contributed by atoms with Gasteiger partial charge in [0.05, 0.1) is 5.37 Å². The Bertz CT molecular complexity index is 119. The van der Waals surface area contributed by atoms with E-state index in [1.165, 1.54) is 0 Å². The predicted molar refractivity (Wildman–Crippen MR) is 45.7 cm³/mol. The van der Waals surface area contributed by atoms with Crippen LogP contribution >= 0.6 is 0 Å². The molecule has 0 amide bonds. The summed E-state index contributed by atoms with van der Waals surface area (Å²) >= 11 is -2.09. The lowest BCUT2D eigenvalue weighted by atomic mass is 10.1. The molecule has 3 nitrogen and oxygen atoms in total. The minimum atomic E-state index is -2.09. The highest BCUT2D eigenvalue weighted by Gasteiger charge is 2.00. The lowest BCUT2D eigenvalue weighted by molar-refractivity contribution is 0.510. The summed E-state index contributed by atoms with van der Waals surface area (Å²) in [7, 11) is 0. The van der Waals surface area contributed by atoms with Crippen molar-refractivity contribution in [1.29, 1.82) is 0 Å². The molecule has 0 aliphatic heterocycles. The molecule has 0 bridgehead atoms. The summed E-state index contributed by atoms with van der Waals surface area (Å²) in [5.41, 5.74) is 5.29. The first-order valence-corrected chi connectivity index (χ1v) is 5.16. The van der Waals surface area contributed by atoms with Crippen molar-refractivity contribution < 1.29 is 8.76 Å². The maximum atomic E-state index is 10.2. The minimum absolute atomic E-state index is 0.593. The fourth-order valence-corrected chi connectivity index (χ4v) is 1.23. The molecule has 0 heterocycles. The number of unbranched alkanes of at least 4 members (excludes halogenated alkanes) is 3. The van der Waals surface area contributed by atoms with Crippen molar-refractivity contribution in [3.05, 3.63) is 0 Å². The molecule has 0 spiro atoms. The molecule has 0 aromatic rings. The third-order valence-electron chi connectivity index (χ3n) is 1.59. The van der Waals surface area contributed by atoms with Gasteiger partial charge in [-0.25, -0.2) is 0 Å². The molecule has 4 heteroatoms. The van der Waals surface area contributed by atoms with Crippen LogP contribution in [0.1, 0.15) is 39.0 Å². The lowest BCUT2D eigenvalue weighted by Crippen LogP contribution is -2.24. The van der Waals surface area contributed by atoms with E-state index in [2.05, 4.69) is 6.92 Å². The quantitative estimate of drug-likeness (QED) is 0.489. The normalized spacial score (nSPS) is 16.3. The highest BCUT2D eigenvalue weighted by Crippen LogP contribution is 2.05. The molecule has 0 aromatic heterocycles. The van der Waals surface area contributed by atoms with Gasteiger partial charge < -0.3 is 10.3 Å².